The van der Waals surface area contributed by atoms with Gasteiger partial charge in [-0.25, -0.2) is 0 Å². The molecule has 0 spiro atoms. The van der Waals surface area contributed by atoms with Crippen molar-refractivity contribution >= 4 is 17.5 Å². The first-order chi connectivity index (χ1) is 4.29. The molecule has 0 radical (unpaired) electrons. The van der Waals surface area contributed by atoms with E-state index in [1.54, 1.807) is 0 Å². The lowest BCUT2D eigenvalue weighted by molar-refractivity contribution is 1.15. The van der Waals surface area contributed by atoms with Gasteiger partial charge in [-0.2, -0.15) is 0 Å². The van der Waals surface area contributed by atoms with Gasteiger partial charge in [-0.3, -0.25) is 4.99 Å². The second-order valence-corrected chi connectivity index (χ2v) is 3.47. The third kappa shape index (κ3) is 2.22. The number of hydrogen-bond acceptors (Lipinski definition) is 2. The third-order valence-corrected chi connectivity index (χ3v) is 2.15. The van der Waals surface area contributed by atoms with Gasteiger partial charge in [-0.1, -0.05) is 0 Å². The fourth-order valence-corrected chi connectivity index (χ4v) is 1.57. The van der Waals surface area contributed by atoms with Gasteiger partial charge in [0.1, 0.15) is 0 Å². The van der Waals surface area contributed by atoms with Crippen molar-refractivity contribution in [1.82, 2.24) is 0 Å². The Morgan fingerprint density at radius 3 is 3.11 bits per heavy atom. The Morgan fingerprint density at radius 1 is 1.56 bits per heavy atom. The maximum Gasteiger partial charge on any atom is 0.0486 e. The molecule has 0 amide bonds. The highest BCUT2D eigenvalue weighted by atomic mass is 32.2. The van der Waals surface area contributed by atoms with Gasteiger partial charge in [0.05, 0.1) is 0 Å². The van der Waals surface area contributed by atoms with Crippen molar-refractivity contribution in [3.05, 3.63) is 11.0 Å². The van der Waals surface area contributed by atoms with Crippen LogP contribution in [0.5, 0.6) is 0 Å². The van der Waals surface area contributed by atoms with Crippen molar-refractivity contribution in [2.45, 2.75) is 13.8 Å². The molecule has 0 N–H and O–H groups in total. The quantitative estimate of drug-likeness (QED) is 0.503. The predicted molar refractivity (Wildman–Crippen MR) is 44.2 cm³/mol. The molecule has 9 heavy (non-hydrogen) atoms. The summed E-state index contributed by atoms with van der Waals surface area (Å²) in [5.74, 6) is 1.14. The van der Waals surface area contributed by atoms with Crippen LogP contribution in [0.1, 0.15) is 13.8 Å². The van der Waals surface area contributed by atoms with E-state index in [-0.39, 0.29) is 0 Å². The number of thioether (sulfide) groups is 1. The minimum atomic E-state index is 0.977. The Bertz CT molecular complexity index is 158. The molecule has 0 atom stereocenters. The van der Waals surface area contributed by atoms with Crippen LogP contribution in [0, 0.1) is 0 Å². The van der Waals surface area contributed by atoms with Crippen LogP contribution < -0.4 is 0 Å². The van der Waals surface area contributed by atoms with E-state index in [2.05, 4.69) is 24.9 Å². The van der Waals surface area contributed by atoms with Crippen LogP contribution in [-0.2, 0) is 0 Å². The van der Waals surface area contributed by atoms with Gasteiger partial charge in [0.15, 0.2) is 0 Å². The molecule has 1 aliphatic heterocycles. The van der Waals surface area contributed by atoms with Crippen LogP contribution in [-0.4, -0.2) is 18.0 Å². The monoisotopic (exact) mass is 141 g/mol. The fraction of sp³-hybridized carbons (Fsp3) is 0.571. The minimum absolute atomic E-state index is 0.977. The largest absolute Gasteiger partial charge is 0.289 e. The maximum absolute atomic E-state index is 4.29. The topological polar surface area (TPSA) is 12.4 Å². The van der Waals surface area contributed by atoms with Gasteiger partial charge in [0, 0.05) is 18.0 Å². The molecule has 2 heteroatoms. The van der Waals surface area contributed by atoms with E-state index in [4.69, 9.17) is 0 Å². The van der Waals surface area contributed by atoms with Crippen LogP contribution in [0.25, 0.3) is 0 Å². The fourth-order valence-electron chi connectivity index (χ4n) is 0.810. The van der Waals surface area contributed by atoms with E-state index >= 15 is 0 Å². The second kappa shape index (κ2) is 3.06. The van der Waals surface area contributed by atoms with Crippen molar-refractivity contribution in [2.24, 2.45) is 4.99 Å². The van der Waals surface area contributed by atoms with Gasteiger partial charge in [0.2, 0.25) is 0 Å². The molecule has 0 fully saturated rings. The number of rotatable bonds is 0. The van der Waals surface area contributed by atoms with Gasteiger partial charge < -0.3 is 0 Å². The van der Waals surface area contributed by atoms with Crippen molar-refractivity contribution < 1.29 is 0 Å². The van der Waals surface area contributed by atoms with Crippen LogP contribution in [0.3, 0.4) is 0 Å². The summed E-state index contributed by atoms with van der Waals surface area (Å²) in [6.45, 7) is 5.16. The summed E-state index contributed by atoms with van der Waals surface area (Å²) in [6.07, 6.45) is 2.14. The van der Waals surface area contributed by atoms with E-state index in [1.807, 2.05) is 11.8 Å². The lowest BCUT2D eigenvalue weighted by Crippen LogP contribution is -1.85. The first kappa shape index (κ1) is 6.87. The van der Waals surface area contributed by atoms with Crippen LogP contribution in [0.2, 0.25) is 0 Å². The Hall–Kier alpha value is -0.240. The van der Waals surface area contributed by atoms with E-state index < -0.39 is 0 Å². The van der Waals surface area contributed by atoms with Crippen molar-refractivity contribution in [3.63, 3.8) is 0 Å². The zero-order chi connectivity index (χ0) is 6.69. The number of nitrogens with zero attached hydrogens (tertiary/aromatic N) is 1. The Morgan fingerprint density at radius 2 is 2.33 bits per heavy atom. The zero-order valence-electron chi connectivity index (χ0n) is 5.85. The third-order valence-electron chi connectivity index (χ3n) is 1.19. The van der Waals surface area contributed by atoms with Gasteiger partial charge in [-0.05, 0) is 24.8 Å². The first-order valence-electron chi connectivity index (χ1n) is 3.11. The molecule has 0 aromatic carbocycles. The molecule has 0 saturated heterocycles. The summed E-state index contributed by atoms with van der Waals surface area (Å²) in [5, 5.41) is 0. The van der Waals surface area contributed by atoms with Crippen molar-refractivity contribution in [3.8, 4) is 0 Å². The normalized spacial score (nSPS) is 20.2. The Balaban J connectivity index is 2.67. The zero-order valence-corrected chi connectivity index (χ0v) is 6.66. The molecule has 1 aliphatic rings. The number of hydrogen-bond donors (Lipinski definition) is 0. The summed E-state index contributed by atoms with van der Waals surface area (Å²) in [6, 6.07) is 0. The molecular formula is C7H11NS. The Kier molecular flexibility index (Phi) is 2.34. The standard InChI is InChI=1S/C7H11NS/c1-6-5-7(2)9-4-3-8-6/h5H,3-4H2,1-2H3. The summed E-state index contributed by atoms with van der Waals surface area (Å²) >= 11 is 1.89. The molecule has 50 valence electrons. The summed E-state index contributed by atoms with van der Waals surface area (Å²) < 4.78 is 0. The lowest BCUT2D eigenvalue weighted by Gasteiger charge is -1.91. The Labute approximate surface area is 60.3 Å². The summed E-state index contributed by atoms with van der Waals surface area (Å²) in [4.78, 5) is 5.68. The maximum atomic E-state index is 4.29. The number of aliphatic imine (C=N–C) groups is 1. The van der Waals surface area contributed by atoms with Crippen LogP contribution >= 0.6 is 11.8 Å². The van der Waals surface area contributed by atoms with E-state index in [9.17, 15) is 0 Å². The smallest absolute Gasteiger partial charge is 0.0486 e. The SMILES string of the molecule is CC1=CC(C)=NCCS1. The van der Waals surface area contributed by atoms with Crippen LogP contribution in [0.4, 0.5) is 0 Å². The predicted octanol–water partition coefficient (Wildman–Crippen LogP) is 2.10. The van der Waals surface area contributed by atoms with E-state index in [0.29, 0.717) is 0 Å². The molecule has 1 nitrogen and oxygen atoms in total. The van der Waals surface area contributed by atoms with E-state index in [0.717, 1.165) is 18.0 Å². The van der Waals surface area contributed by atoms with Gasteiger partial charge in [-0.15, -0.1) is 11.8 Å². The molecule has 0 aromatic rings. The molecule has 0 aliphatic carbocycles. The molecule has 0 unspecified atom stereocenters. The van der Waals surface area contributed by atoms with Crippen molar-refractivity contribution in [1.29, 1.82) is 0 Å². The summed E-state index contributed by atoms with van der Waals surface area (Å²) in [5.41, 5.74) is 1.16. The lowest BCUT2D eigenvalue weighted by atomic mass is 10.4. The molecule has 0 aromatic heterocycles. The highest BCUT2D eigenvalue weighted by Crippen LogP contribution is 2.16. The highest BCUT2D eigenvalue weighted by Gasteiger charge is 1.96. The first-order valence-corrected chi connectivity index (χ1v) is 4.10. The van der Waals surface area contributed by atoms with Crippen molar-refractivity contribution in [2.75, 3.05) is 12.3 Å². The minimum Gasteiger partial charge on any atom is -0.289 e. The molecular weight excluding hydrogens is 130 g/mol. The molecule has 0 bridgehead atoms. The average Bonchev–Trinajstić information content (AvgIpc) is 1.93. The molecule has 1 rings (SSSR count). The van der Waals surface area contributed by atoms with Crippen LogP contribution in [0.15, 0.2) is 16.0 Å². The van der Waals surface area contributed by atoms with E-state index in [1.165, 1.54) is 4.91 Å². The van der Waals surface area contributed by atoms with Gasteiger partial charge in [0.25, 0.3) is 0 Å². The average molecular weight is 141 g/mol. The van der Waals surface area contributed by atoms with Gasteiger partial charge >= 0.3 is 0 Å². The highest BCUT2D eigenvalue weighted by molar-refractivity contribution is 8.03. The second-order valence-electron chi connectivity index (χ2n) is 2.13. The number of allylic oxidation sites excluding steroid dienone is 2. The summed E-state index contributed by atoms with van der Waals surface area (Å²) in [7, 11) is 0. The molecule has 1 heterocycles. The molecule has 0 saturated carbocycles.